The van der Waals surface area contributed by atoms with Gasteiger partial charge in [-0.1, -0.05) is 59.6 Å². The van der Waals surface area contributed by atoms with E-state index in [1.807, 2.05) is 86.6 Å². The smallest absolute Gasteiger partial charge is 0.295 e. The summed E-state index contributed by atoms with van der Waals surface area (Å²) in [6, 6.07) is 30.1. The van der Waals surface area contributed by atoms with E-state index >= 15 is 0 Å². The predicted molar refractivity (Wildman–Crippen MR) is 142 cm³/mol. The van der Waals surface area contributed by atoms with E-state index in [1.165, 1.54) is 0 Å². The monoisotopic (exact) mass is 494 g/mol. The first-order valence-electron chi connectivity index (χ1n) is 11.4. The van der Waals surface area contributed by atoms with E-state index in [-0.39, 0.29) is 5.82 Å². The molecule has 0 aliphatic carbocycles. The molecule has 0 radical (unpaired) electrons. The largest absolute Gasteiger partial charge is 0.457 e. The number of para-hydroxylation sites is 1. The van der Waals surface area contributed by atoms with E-state index in [2.05, 4.69) is 15.4 Å². The number of anilines is 1. The average molecular weight is 495 g/mol. The number of aryl methyl sites for hydroxylation is 2. The molecule has 5 rings (SSSR count). The highest BCUT2D eigenvalue weighted by Gasteiger charge is 2.20. The molecule has 0 fully saturated rings. The van der Waals surface area contributed by atoms with Crippen molar-refractivity contribution in [2.75, 3.05) is 5.32 Å². The second-order valence-corrected chi connectivity index (χ2v) is 8.80. The highest BCUT2D eigenvalue weighted by molar-refractivity contribution is 6.30. The summed E-state index contributed by atoms with van der Waals surface area (Å²) in [5, 5.41) is 8.01. The highest BCUT2D eigenvalue weighted by Crippen LogP contribution is 2.27. The van der Waals surface area contributed by atoms with E-state index in [1.54, 1.807) is 28.9 Å². The van der Waals surface area contributed by atoms with E-state index in [0.717, 1.165) is 28.1 Å². The third-order valence-corrected chi connectivity index (χ3v) is 5.81. The van der Waals surface area contributed by atoms with Gasteiger partial charge in [0.15, 0.2) is 5.82 Å². The fourth-order valence-corrected chi connectivity index (χ4v) is 3.94. The van der Waals surface area contributed by atoms with Gasteiger partial charge in [0.25, 0.3) is 5.91 Å². The average Bonchev–Trinajstić information content (AvgIpc) is 3.33. The first-order valence-corrected chi connectivity index (χ1v) is 11.8. The number of benzene rings is 4. The molecule has 1 N–H and O–H groups in total. The molecule has 0 bridgehead atoms. The SMILES string of the molecule is Cc1cccc(-c2nc(C(=O)Nc3ccc(Oc4ccccc4)cc3)nn2-c2cc(Cl)ccc2C)c1. The van der Waals surface area contributed by atoms with Crippen LogP contribution in [0.1, 0.15) is 21.7 Å². The minimum absolute atomic E-state index is 0.0514. The summed E-state index contributed by atoms with van der Waals surface area (Å²) in [6.07, 6.45) is 0. The topological polar surface area (TPSA) is 69.0 Å². The number of carbonyl (C=O) groups is 1. The molecule has 4 aromatic carbocycles. The Hall–Kier alpha value is -4.42. The molecule has 1 aromatic heterocycles. The zero-order valence-corrected chi connectivity index (χ0v) is 20.5. The molecule has 1 amide bonds. The Morgan fingerprint density at radius 3 is 2.36 bits per heavy atom. The van der Waals surface area contributed by atoms with Gasteiger partial charge in [0.1, 0.15) is 11.5 Å². The second kappa shape index (κ2) is 10.1. The first kappa shape index (κ1) is 23.3. The van der Waals surface area contributed by atoms with Gasteiger partial charge in [0.2, 0.25) is 5.82 Å². The number of nitrogens with one attached hydrogen (secondary N) is 1. The van der Waals surface area contributed by atoms with Gasteiger partial charge < -0.3 is 10.1 Å². The Bertz CT molecular complexity index is 1530. The van der Waals surface area contributed by atoms with Gasteiger partial charge in [-0.15, -0.1) is 5.10 Å². The summed E-state index contributed by atoms with van der Waals surface area (Å²) in [4.78, 5) is 17.7. The van der Waals surface area contributed by atoms with Gasteiger partial charge in [0, 0.05) is 16.3 Å². The molecular weight excluding hydrogens is 472 g/mol. The number of rotatable bonds is 6. The van der Waals surface area contributed by atoms with Crippen molar-refractivity contribution in [2.24, 2.45) is 0 Å². The van der Waals surface area contributed by atoms with Crippen molar-refractivity contribution in [1.82, 2.24) is 14.8 Å². The lowest BCUT2D eigenvalue weighted by Crippen LogP contribution is -2.14. The number of carbonyl (C=O) groups excluding carboxylic acids is 1. The Labute approximate surface area is 214 Å². The molecule has 36 heavy (non-hydrogen) atoms. The summed E-state index contributed by atoms with van der Waals surface area (Å²) in [7, 11) is 0. The molecule has 0 spiro atoms. The summed E-state index contributed by atoms with van der Waals surface area (Å²) in [6.45, 7) is 3.97. The van der Waals surface area contributed by atoms with Gasteiger partial charge in [0.05, 0.1) is 5.69 Å². The minimum atomic E-state index is -0.418. The fourth-order valence-electron chi connectivity index (χ4n) is 3.78. The van der Waals surface area contributed by atoms with Gasteiger partial charge >= 0.3 is 0 Å². The maximum absolute atomic E-state index is 13.1. The van der Waals surface area contributed by atoms with Crippen molar-refractivity contribution in [3.05, 3.63) is 119 Å². The Morgan fingerprint density at radius 2 is 1.61 bits per heavy atom. The Morgan fingerprint density at radius 1 is 0.861 bits per heavy atom. The van der Waals surface area contributed by atoms with Crippen LogP contribution in [-0.4, -0.2) is 20.7 Å². The van der Waals surface area contributed by atoms with Gasteiger partial charge in [-0.05, 0) is 74.0 Å². The van der Waals surface area contributed by atoms with Crippen molar-refractivity contribution >= 4 is 23.2 Å². The van der Waals surface area contributed by atoms with Gasteiger partial charge in [-0.25, -0.2) is 9.67 Å². The molecule has 0 atom stereocenters. The third-order valence-electron chi connectivity index (χ3n) is 5.58. The maximum Gasteiger partial charge on any atom is 0.295 e. The molecule has 1 heterocycles. The molecular formula is C29H23ClN4O2. The maximum atomic E-state index is 13.1. The van der Waals surface area contributed by atoms with E-state index in [4.69, 9.17) is 16.3 Å². The summed E-state index contributed by atoms with van der Waals surface area (Å²) in [5.74, 6) is 1.60. The highest BCUT2D eigenvalue weighted by atomic mass is 35.5. The second-order valence-electron chi connectivity index (χ2n) is 8.36. The predicted octanol–water partition coefficient (Wildman–Crippen LogP) is 7.25. The number of hydrogen-bond donors (Lipinski definition) is 1. The molecule has 0 aliphatic heterocycles. The Kier molecular flexibility index (Phi) is 6.52. The molecule has 0 unspecified atom stereocenters. The number of nitrogens with zero attached hydrogens (tertiary/aromatic N) is 3. The van der Waals surface area contributed by atoms with Crippen LogP contribution in [0.3, 0.4) is 0 Å². The van der Waals surface area contributed by atoms with Gasteiger partial charge in [-0.2, -0.15) is 0 Å². The van der Waals surface area contributed by atoms with Crippen LogP contribution in [0.25, 0.3) is 17.1 Å². The molecule has 178 valence electrons. The normalized spacial score (nSPS) is 10.8. The molecule has 5 aromatic rings. The molecule has 0 aliphatic rings. The van der Waals surface area contributed by atoms with Crippen LogP contribution in [0.15, 0.2) is 97.1 Å². The summed E-state index contributed by atoms with van der Waals surface area (Å²) < 4.78 is 7.49. The molecule has 0 saturated heterocycles. The van der Waals surface area contributed by atoms with Crippen LogP contribution in [0, 0.1) is 13.8 Å². The number of halogens is 1. The van der Waals surface area contributed by atoms with Gasteiger partial charge in [-0.3, -0.25) is 4.79 Å². The first-order chi connectivity index (χ1) is 17.5. The lowest BCUT2D eigenvalue weighted by molar-refractivity contribution is 0.101. The van der Waals surface area contributed by atoms with Crippen molar-refractivity contribution in [3.63, 3.8) is 0 Å². The van der Waals surface area contributed by atoms with Crippen LogP contribution in [0.5, 0.6) is 11.5 Å². The van der Waals surface area contributed by atoms with Crippen molar-refractivity contribution in [3.8, 4) is 28.6 Å². The van der Waals surface area contributed by atoms with E-state index in [0.29, 0.717) is 22.3 Å². The summed E-state index contributed by atoms with van der Waals surface area (Å²) >= 11 is 6.28. The standard InChI is InChI=1S/C29H23ClN4O2/c1-19-7-6-8-21(17-19)28-32-27(33-34(28)26-18-22(30)12-11-20(26)2)29(35)31-23-13-15-25(16-14-23)36-24-9-4-3-5-10-24/h3-18H,1-2H3,(H,31,35). The lowest BCUT2D eigenvalue weighted by Gasteiger charge is -2.10. The van der Waals surface area contributed by atoms with Crippen LogP contribution in [0.4, 0.5) is 5.69 Å². The van der Waals surface area contributed by atoms with Crippen molar-refractivity contribution in [1.29, 1.82) is 0 Å². The summed E-state index contributed by atoms with van der Waals surface area (Å²) in [5.41, 5.74) is 4.25. The van der Waals surface area contributed by atoms with Crippen LogP contribution < -0.4 is 10.1 Å². The molecule has 0 saturated carbocycles. The number of amides is 1. The number of aromatic nitrogens is 3. The third kappa shape index (κ3) is 5.14. The minimum Gasteiger partial charge on any atom is -0.457 e. The quantitative estimate of drug-likeness (QED) is 0.270. The van der Waals surface area contributed by atoms with E-state index in [9.17, 15) is 4.79 Å². The fraction of sp³-hybridized carbons (Fsp3) is 0.0690. The van der Waals surface area contributed by atoms with Crippen molar-refractivity contribution < 1.29 is 9.53 Å². The zero-order valence-electron chi connectivity index (χ0n) is 19.8. The number of hydrogen-bond acceptors (Lipinski definition) is 4. The van der Waals surface area contributed by atoms with Crippen LogP contribution in [-0.2, 0) is 0 Å². The molecule has 7 heteroatoms. The Balaban J connectivity index is 1.44. The van der Waals surface area contributed by atoms with Crippen LogP contribution >= 0.6 is 11.6 Å². The van der Waals surface area contributed by atoms with E-state index < -0.39 is 5.91 Å². The number of ether oxygens (including phenoxy) is 1. The zero-order chi connectivity index (χ0) is 25.1. The van der Waals surface area contributed by atoms with Crippen molar-refractivity contribution in [2.45, 2.75) is 13.8 Å². The lowest BCUT2D eigenvalue weighted by atomic mass is 10.1. The molecule has 6 nitrogen and oxygen atoms in total. The van der Waals surface area contributed by atoms with Crippen LogP contribution in [0.2, 0.25) is 5.02 Å².